The average molecular weight is 166 g/mol. The minimum Gasteiger partial charge on any atom is -0.388 e. The van der Waals surface area contributed by atoms with Crippen molar-refractivity contribution in [2.75, 3.05) is 0 Å². The zero-order valence-corrected chi connectivity index (χ0v) is 8.12. The minimum absolute atomic E-state index is 0.229. The third-order valence-corrected chi connectivity index (χ3v) is 1.63. The van der Waals surface area contributed by atoms with Crippen molar-refractivity contribution in [2.24, 2.45) is 5.92 Å². The van der Waals surface area contributed by atoms with Gasteiger partial charge in [0.05, 0.1) is 6.10 Å². The molecule has 0 aromatic carbocycles. The van der Waals surface area contributed by atoms with Crippen LogP contribution in [0.15, 0.2) is 36.5 Å². The standard InChI is InChI=1S/C11H18O/c1-5-6-7-8-10(4)11(12)9(2)3/h5-9,11-12H,4H2,1-3H3. The van der Waals surface area contributed by atoms with E-state index in [4.69, 9.17) is 0 Å². The number of rotatable bonds is 4. The van der Waals surface area contributed by atoms with Crippen LogP contribution >= 0.6 is 0 Å². The first-order chi connectivity index (χ1) is 5.59. The Kier molecular flexibility index (Phi) is 5.39. The number of allylic oxidation sites excluding steroid dienone is 3. The molecule has 0 fully saturated rings. The monoisotopic (exact) mass is 166 g/mol. The number of aliphatic hydroxyl groups excluding tert-OH is 1. The van der Waals surface area contributed by atoms with Crippen LogP contribution in [0.3, 0.4) is 0 Å². The maximum Gasteiger partial charge on any atom is 0.0807 e. The highest BCUT2D eigenvalue weighted by Gasteiger charge is 2.09. The van der Waals surface area contributed by atoms with Crippen LogP contribution in [0.25, 0.3) is 0 Å². The molecule has 0 saturated heterocycles. The van der Waals surface area contributed by atoms with E-state index in [1.54, 1.807) is 0 Å². The zero-order valence-electron chi connectivity index (χ0n) is 8.12. The zero-order chi connectivity index (χ0) is 9.56. The predicted molar refractivity (Wildman–Crippen MR) is 53.9 cm³/mol. The second-order valence-corrected chi connectivity index (χ2v) is 3.15. The van der Waals surface area contributed by atoms with E-state index in [0.717, 1.165) is 5.57 Å². The highest BCUT2D eigenvalue weighted by Crippen LogP contribution is 2.10. The van der Waals surface area contributed by atoms with Gasteiger partial charge in [-0.2, -0.15) is 0 Å². The van der Waals surface area contributed by atoms with Crippen LogP contribution in [0.1, 0.15) is 20.8 Å². The lowest BCUT2D eigenvalue weighted by atomic mass is 10.0. The van der Waals surface area contributed by atoms with Gasteiger partial charge in [-0.25, -0.2) is 0 Å². The Morgan fingerprint density at radius 1 is 1.33 bits per heavy atom. The summed E-state index contributed by atoms with van der Waals surface area (Å²) in [7, 11) is 0. The molecule has 1 atom stereocenters. The van der Waals surface area contributed by atoms with Crippen molar-refractivity contribution >= 4 is 0 Å². The van der Waals surface area contributed by atoms with Crippen molar-refractivity contribution in [3.8, 4) is 0 Å². The van der Waals surface area contributed by atoms with Gasteiger partial charge in [-0.1, -0.05) is 44.7 Å². The number of aliphatic hydroxyl groups is 1. The van der Waals surface area contributed by atoms with Crippen molar-refractivity contribution in [3.63, 3.8) is 0 Å². The predicted octanol–water partition coefficient (Wildman–Crippen LogP) is 2.69. The van der Waals surface area contributed by atoms with Gasteiger partial charge in [0.1, 0.15) is 0 Å². The molecule has 0 rings (SSSR count). The molecule has 1 nitrogen and oxygen atoms in total. The highest BCUT2D eigenvalue weighted by molar-refractivity contribution is 5.22. The maximum atomic E-state index is 9.52. The van der Waals surface area contributed by atoms with E-state index < -0.39 is 6.10 Å². The first kappa shape index (κ1) is 11.2. The molecular weight excluding hydrogens is 148 g/mol. The molecule has 1 N–H and O–H groups in total. The van der Waals surface area contributed by atoms with Gasteiger partial charge in [0.25, 0.3) is 0 Å². The third-order valence-electron chi connectivity index (χ3n) is 1.63. The van der Waals surface area contributed by atoms with E-state index in [2.05, 4.69) is 6.58 Å². The Labute approximate surface area is 75.1 Å². The van der Waals surface area contributed by atoms with Gasteiger partial charge < -0.3 is 5.11 Å². The molecule has 0 saturated carbocycles. The molecule has 0 heterocycles. The van der Waals surface area contributed by atoms with Crippen LogP contribution in [0, 0.1) is 5.92 Å². The fourth-order valence-corrected chi connectivity index (χ4v) is 0.817. The lowest BCUT2D eigenvalue weighted by Crippen LogP contribution is -2.15. The van der Waals surface area contributed by atoms with E-state index in [1.807, 2.05) is 45.1 Å². The summed E-state index contributed by atoms with van der Waals surface area (Å²) in [5, 5.41) is 9.52. The SMILES string of the molecule is C=C(C=CC=CC)C(O)C(C)C. The fourth-order valence-electron chi connectivity index (χ4n) is 0.817. The first-order valence-electron chi connectivity index (χ1n) is 4.25. The van der Waals surface area contributed by atoms with Crippen LogP contribution < -0.4 is 0 Å². The normalized spacial score (nSPS) is 14.8. The van der Waals surface area contributed by atoms with E-state index in [1.165, 1.54) is 0 Å². The van der Waals surface area contributed by atoms with Crippen molar-refractivity contribution in [2.45, 2.75) is 26.9 Å². The van der Waals surface area contributed by atoms with Gasteiger partial charge in [-0.15, -0.1) is 0 Å². The van der Waals surface area contributed by atoms with Crippen LogP contribution in [0.2, 0.25) is 0 Å². The molecule has 0 radical (unpaired) electrons. The van der Waals surface area contributed by atoms with Crippen LogP contribution in [0.5, 0.6) is 0 Å². The Bertz CT molecular complexity index is 187. The lowest BCUT2D eigenvalue weighted by Gasteiger charge is -2.13. The molecule has 0 bridgehead atoms. The van der Waals surface area contributed by atoms with Gasteiger partial charge in [0.15, 0.2) is 0 Å². The number of hydrogen-bond donors (Lipinski definition) is 1. The Morgan fingerprint density at radius 3 is 2.33 bits per heavy atom. The van der Waals surface area contributed by atoms with Crippen molar-refractivity contribution in [3.05, 3.63) is 36.5 Å². The van der Waals surface area contributed by atoms with Gasteiger partial charge in [-0.05, 0) is 18.4 Å². The van der Waals surface area contributed by atoms with Crippen molar-refractivity contribution in [1.29, 1.82) is 0 Å². The lowest BCUT2D eigenvalue weighted by molar-refractivity contribution is 0.164. The fraction of sp³-hybridized carbons (Fsp3) is 0.455. The molecule has 0 aliphatic rings. The molecule has 1 unspecified atom stereocenters. The van der Waals surface area contributed by atoms with Gasteiger partial charge in [0.2, 0.25) is 0 Å². The topological polar surface area (TPSA) is 20.2 Å². The quantitative estimate of drug-likeness (QED) is 0.637. The largest absolute Gasteiger partial charge is 0.388 e. The summed E-state index contributed by atoms with van der Waals surface area (Å²) in [5.41, 5.74) is 0.767. The van der Waals surface area contributed by atoms with E-state index >= 15 is 0 Å². The maximum absolute atomic E-state index is 9.52. The van der Waals surface area contributed by atoms with Crippen molar-refractivity contribution < 1.29 is 5.11 Å². The summed E-state index contributed by atoms with van der Waals surface area (Å²) in [4.78, 5) is 0. The molecule has 0 aliphatic carbocycles. The third kappa shape index (κ3) is 4.14. The van der Waals surface area contributed by atoms with Crippen LogP contribution in [-0.2, 0) is 0 Å². The summed E-state index contributed by atoms with van der Waals surface area (Å²) in [5.74, 6) is 0.229. The van der Waals surface area contributed by atoms with Crippen LogP contribution in [0.4, 0.5) is 0 Å². The summed E-state index contributed by atoms with van der Waals surface area (Å²) in [6.45, 7) is 9.67. The molecule has 12 heavy (non-hydrogen) atoms. The minimum atomic E-state index is -0.425. The summed E-state index contributed by atoms with van der Waals surface area (Å²) >= 11 is 0. The second-order valence-electron chi connectivity index (χ2n) is 3.15. The average Bonchev–Trinajstić information content (AvgIpc) is 2.03. The summed E-state index contributed by atoms with van der Waals surface area (Å²) < 4.78 is 0. The molecule has 1 heteroatoms. The van der Waals surface area contributed by atoms with E-state index in [0.29, 0.717) is 0 Å². The molecule has 68 valence electrons. The summed E-state index contributed by atoms with van der Waals surface area (Å²) in [6, 6.07) is 0. The smallest absolute Gasteiger partial charge is 0.0807 e. The first-order valence-corrected chi connectivity index (χ1v) is 4.25. The molecule has 0 spiro atoms. The molecule has 0 amide bonds. The van der Waals surface area contributed by atoms with Gasteiger partial charge in [-0.3, -0.25) is 0 Å². The molecular formula is C11H18O. The Morgan fingerprint density at radius 2 is 1.92 bits per heavy atom. The molecule has 0 aromatic rings. The van der Waals surface area contributed by atoms with Gasteiger partial charge in [0, 0.05) is 0 Å². The summed E-state index contributed by atoms with van der Waals surface area (Å²) in [6.07, 6.45) is 7.15. The second kappa shape index (κ2) is 5.78. The van der Waals surface area contributed by atoms with Crippen molar-refractivity contribution in [1.82, 2.24) is 0 Å². The van der Waals surface area contributed by atoms with Crippen LogP contribution in [-0.4, -0.2) is 11.2 Å². The Balaban J connectivity index is 4.03. The van der Waals surface area contributed by atoms with Gasteiger partial charge >= 0.3 is 0 Å². The molecule has 0 aliphatic heterocycles. The molecule has 0 aromatic heterocycles. The van der Waals surface area contributed by atoms with E-state index in [9.17, 15) is 5.11 Å². The number of hydrogen-bond acceptors (Lipinski definition) is 1. The van der Waals surface area contributed by atoms with E-state index in [-0.39, 0.29) is 5.92 Å². The highest BCUT2D eigenvalue weighted by atomic mass is 16.3. The Hall–Kier alpha value is -0.820.